The summed E-state index contributed by atoms with van der Waals surface area (Å²) in [6.07, 6.45) is 1.50. The summed E-state index contributed by atoms with van der Waals surface area (Å²) in [7, 11) is 0. The maximum atomic E-state index is 13.5. The van der Waals surface area contributed by atoms with Gasteiger partial charge in [0.15, 0.2) is 0 Å². The van der Waals surface area contributed by atoms with Crippen LogP contribution in [0.1, 0.15) is 25.5 Å². The highest BCUT2D eigenvalue weighted by atomic mass is 19.1. The molecule has 3 rings (SSSR count). The number of nitrogens with zero attached hydrogens (tertiary/aromatic N) is 2. The lowest BCUT2D eigenvalue weighted by atomic mass is 10.0. The molecule has 3 heteroatoms. The van der Waals surface area contributed by atoms with Crippen molar-refractivity contribution in [3.8, 4) is 11.3 Å². The summed E-state index contributed by atoms with van der Waals surface area (Å²) in [5.74, 6) is 0.0376. The Morgan fingerprint density at radius 2 is 1.79 bits per heavy atom. The van der Waals surface area contributed by atoms with Crippen LogP contribution < -0.4 is 0 Å². The number of halogens is 1. The van der Waals surface area contributed by atoms with Crippen LogP contribution in [0, 0.1) is 5.82 Å². The van der Waals surface area contributed by atoms with Crippen LogP contribution in [-0.2, 0) is 0 Å². The summed E-state index contributed by atoms with van der Waals surface area (Å²) in [4.78, 5) is 4.63. The van der Waals surface area contributed by atoms with E-state index in [9.17, 15) is 4.39 Å². The summed E-state index contributed by atoms with van der Waals surface area (Å²) in [5, 5.41) is 0. The zero-order valence-electron chi connectivity index (χ0n) is 11.0. The smallest absolute Gasteiger partial charge is 0.139 e. The molecule has 0 saturated carbocycles. The fourth-order valence-corrected chi connectivity index (χ4v) is 2.32. The van der Waals surface area contributed by atoms with Gasteiger partial charge in [-0.25, -0.2) is 9.37 Å². The third-order valence-electron chi connectivity index (χ3n) is 3.20. The molecule has 19 heavy (non-hydrogen) atoms. The van der Waals surface area contributed by atoms with Crippen molar-refractivity contribution in [2.24, 2.45) is 0 Å². The molecule has 0 bridgehead atoms. The maximum Gasteiger partial charge on any atom is 0.139 e. The molecular formula is C16H15FN2. The number of aromatic nitrogens is 2. The molecule has 0 unspecified atom stereocenters. The average molecular weight is 254 g/mol. The first-order valence-corrected chi connectivity index (χ1v) is 6.40. The molecule has 0 N–H and O–H groups in total. The molecule has 0 spiro atoms. The zero-order valence-corrected chi connectivity index (χ0v) is 11.0. The van der Waals surface area contributed by atoms with E-state index in [1.54, 1.807) is 6.07 Å². The third kappa shape index (κ3) is 2.01. The minimum Gasteiger partial charge on any atom is -0.296 e. The van der Waals surface area contributed by atoms with Crippen LogP contribution in [0.5, 0.6) is 0 Å². The van der Waals surface area contributed by atoms with E-state index < -0.39 is 0 Å². The van der Waals surface area contributed by atoms with Crippen molar-refractivity contribution >= 4 is 5.65 Å². The molecule has 2 aromatic heterocycles. The van der Waals surface area contributed by atoms with Gasteiger partial charge in [-0.1, -0.05) is 44.2 Å². The molecule has 2 nitrogen and oxygen atoms in total. The lowest BCUT2D eigenvalue weighted by molar-refractivity contribution is 0.619. The Labute approximate surface area is 111 Å². The number of pyridine rings is 1. The Bertz CT molecular complexity index is 714. The number of benzene rings is 1. The lowest BCUT2D eigenvalue weighted by Crippen LogP contribution is -1.94. The number of rotatable bonds is 2. The first-order chi connectivity index (χ1) is 9.16. The van der Waals surface area contributed by atoms with Crippen molar-refractivity contribution in [1.82, 2.24) is 9.38 Å². The normalized spacial score (nSPS) is 11.4. The van der Waals surface area contributed by atoms with E-state index in [-0.39, 0.29) is 11.7 Å². The second-order valence-corrected chi connectivity index (χ2v) is 4.94. The monoisotopic (exact) mass is 254 g/mol. The summed E-state index contributed by atoms with van der Waals surface area (Å²) in [6, 6.07) is 13.2. The van der Waals surface area contributed by atoms with E-state index in [4.69, 9.17) is 0 Å². The van der Waals surface area contributed by atoms with Crippen molar-refractivity contribution < 1.29 is 4.39 Å². The number of imidazole rings is 1. The molecule has 0 amide bonds. The van der Waals surface area contributed by atoms with Crippen molar-refractivity contribution in [2.45, 2.75) is 19.8 Å². The van der Waals surface area contributed by atoms with E-state index in [0.29, 0.717) is 0 Å². The van der Waals surface area contributed by atoms with Crippen molar-refractivity contribution in [3.05, 3.63) is 60.2 Å². The van der Waals surface area contributed by atoms with E-state index in [1.165, 1.54) is 12.3 Å². The highest BCUT2D eigenvalue weighted by molar-refractivity contribution is 5.67. The first-order valence-electron chi connectivity index (χ1n) is 6.40. The Hall–Kier alpha value is -2.16. The van der Waals surface area contributed by atoms with Gasteiger partial charge in [0, 0.05) is 11.8 Å². The van der Waals surface area contributed by atoms with E-state index >= 15 is 0 Å². The fraction of sp³-hybridized carbons (Fsp3) is 0.188. The van der Waals surface area contributed by atoms with Gasteiger partial charge in [0.05, 0.1) is 11.4 Å². The van der Waals surface area contributed by atoms with Crippen LogP contribution in [0.4, 0.5) is 4.39 Å². The quantitative estimate of drug-likeness (QED) is 0.667. The van der Waals surface area contributed by atoms with Crippen molar-refractivity contribution in [3.63, 3.8) is 0 Å². The number of fused-ring (bicyclic) bond motifs is 1. The van der Waals surface area contributed by atoms with Crippen LogP contribution in [0.3, 0.4) is 0 Å². The van der Waals surface area contributed by atoms with Crippen LogP contribution in [0.25, 0.3) is 16.9 Å². The third-order valence-corrected chi connectivity index (χ3v) is 3.20. The van der Waals surface area contributed by atoms with Gasteiger partial charge in [-0.2, -0.15) is 0 Å². The maximum absolute atomic E-state index is 13.5. The van der Waals surface area contributed by atoms with E-state index in [2.05, 4.69) is 18.8 Å². The van der Waals surface area contributed by atoms with Crippen LogP contribution >= 0.6 is 0 Å². The highest BCUT2D eigenvalue weighted by Crippen LogP contribution is 2.30. The number of hydrogen-bond acceptors (Lipinski definition) is 1. The van der Waals surface area contributed by atoms with Crippen LogP contribution in [0.15, 0.2) is 48.7 Å². The van der Waals surface area contributed by atoms with Gasteiger partial charge in [0.2, 0.25) is 0 Å². The van der Waals surface area contributed by atoms with Gasteiger partial charge >= 0.3 is 0 Å². The van der Waals surface area contributed by atoms with Gasteiger partial charge in [0.1, 0.15) is 11.5 Å². The van der Waals surface area contributed by atoms with Gasteiger partial charge in [-0.05, 0) is 18.1 Å². The molecule has 96 valence electrons. The van der Waals surface area contributed by atoms with Gasteiger partial charge < -0.3 is 0 Å². The summed E-state index contributed by atoms with van der Waals surface area (Å²) < 4.78 is 15.3. The standard InChI is InChI=1S/C16H15FN2/c1-11(2)15-16(12-6-4-3-5-7-12)19-10-13(17)8-9-14(19)18-15/h3-11H,1-2H3. The average Bonchev–Trinajstić information content (AvgIpc) is 2.78. The molecular weight excluding hydrogens is 239 g/mol. The Morgan fingerprint density at radius 3 is 2.47 bits per heavy atom. The Balaban J connectivity index is 2.36. The summed E-state index contributed by atoms with van der Waals surface area (Å²) in [6.45, 7) is 4.20. The molecule has 0 atom stereocenters. The zero-order chi connectivity index (χ0) is 13.4. The van der Waals surface area contributed by atoms with E-state index in [1.807, 2.05) is 34.7 Å². The van der Waals surface area contributed by atoms with Gasteiger partial charge in [0.25, 0.3) is 0 Å². The minimum atomic E-state index is -0.252. The van der Waals surface area contributed by atoms with Crippen LogP contribution in [0.2, 0.25) is 0 Å². The SMILES string of the molecule is CC(C)c1nc2ccc(F)cn2c1-c1ccccc1. The Kier molecular flexibility index (Phi) is 2.82. The second kappa shape index (κ2) is 4.50. The van der Waals surface area contributed by atoms with Crippen molar-refractivity contribution in [1.29, 1.82) is 0 Å². The molecule has 0 aliphatic carbocycles. The largest absolute Gasteiger partial charge is 0.296 e. The minimum absolute atomic E-state index is 0.252. The van der Waals surface area contributed by atoms with Crippen LogP contribution in [-0.4, -0.2) is 9.38 Å². The first kappa shape index (κ1) is 11.9. The summed E-state index contributed by atoms with van der Waals surface area (Å²) >= 11 is 0. The molecule has 0 aliphatic heterocycles. The Morgan fingerprint density at radius 1 is 1.05 bits per heavy atom. The van der Waals surface area contributed by atoms with Gasteiger partial charge in [-0.15, -0.1) is 0 Å². The molecule has 3 aromatic rings. The van der Waals surface area contributed by atoms with Crippen molar-refractivity contribution in [2.75, 3.05) is 0 Å². The second-order valence-electron chi connectivity index (χ2n) is 4.94. The molecule has 0 fully saturated rings. The van der Waals surface area contributed by atoms with E-state index in [0.717, 1.165) is 22.6 Å². The predicted octanol–water partition coefficient (Wildman–Crippen LogP) is 4.26. The predicted molar refractivity (Wildman–Crippen MR) is 74.7 cm³/mol. The van der Waals surface area contributed by atoms with Gasteiger partial charge in [-0.3, -0.25) is 4.40 Å². The molecule has 0 saturated heterocycles. The fourth-order valence-electron chi connectivity index (χ4n) is 2.32. The summed E-state index contributed by atoms with van der Waals surface area (Å²) in [5.41, 5.74) is 3.81. The molecule has 0 aliphatic rings. The molecule has 1 aromatic carbocycles. The molecule has 2 heterocycles. The molecule has 0 radical (unpaired) electrons. The number of hydrogen-bond donors (Lipinski definition) is 0. The highest BCUT2D eigenvalue weighted by Gasteiger charge is 2.16. The topological polar surface area (TPSA) is 17.3 Å². The lowest BCUT2D eigenvalue weighted by Gasteiger charge is -2.07.